The summed E-state index contributed by atoms with van der Waals surface area (Å²) in [6.45, 7) is 10.9. The molecule has 2 aliphatic carbocycles. The van der Waals surface area contributed by atoms with Gasteiger partial charge in [-0.15, -0.1) is 10.2 Å². The van der Waals surface area contributed by atoms with Crippen LogP contribution in [-0.4, -0.2) is 87.6 Å². The number of hydrogen-bond acceptors (Lipinski definition) is 10. The highest BCUT2D eigenvalue weighted by Gasteiger charge is 2.40. The summed E-state index contributed by atoms with van der Waals surface area (Å²) in [5, 5.41) is 17.3. The van der Waals surface area contributed by atoms with Crippen molar-refractivity contribution < 1.29 is 23.9 Å². The minimum atomic E-state index is -1.51. The van der Waals surface area contributed by atoms with Gasteiger partial charge in [-0.3, -0.25) is 19.3 Å². The largest absolute Gasteiger partial charge is 0.480 e. The molecule has 14 heteroatoms. The van der Waals surface area contributed by atoms with Gasteiger partial charge in [0.15, 0.2) is 11.9 Å². The van der Waals surface area contributed by atoms with E-state index in [0.29, 0.717) is 47.7 Å². The van der Waals surface area contributed by atoms with E-state index in [-0.39, 0.29) is 17.2 Å². The normalized spacial score (nSPS) is 19.3. The Kier molecular flexibility index (Phi) is 10.1. The summed E-state index contributed by atoms with van der Waals surface area (Å²) >= 11 is 0. The van der Waals surface area contributed by atoms with Gasteiger partial charge >= 0.3 is 6.03 Å². The van der Waals surface area contributed by atoms with Gasteiger partial charge in [0.05, 0.1) is 18.5 Å². The van der Waals surface area contributed by atoms with E-state index in [1.165, 1.54) is 0 Å². The summed E-state index contributed by atoms with van der Waals surface area (Å²) in [4.78, 5) is 51.1. The van der Waals surface area contributed by atoms with Gasteiger partial charge in [-0.05, 0) is 63.2 Å². The topological polar surface area (TPSA) is 165 Å². The first kappa shape index (κ1) is 37.5. The van der Waals surface area contributed by atoms with E-state index in [2.05, 4.69) is 41.0 Å². The third-order valence-corrected chi connectivity index (χ3v) is 10.3. The molecule has 2 aliphatic rings. The van der Waals surface area contributed by atoms with Gasteiger partial charge < -0.3 is 25.0 Å². The number of carbonyl (C=O) groups excluding carboxylic acids is 3. The van der Waals surface area contributed by atoms with Crippen molar-refractivity contribution in [2.75, 3.05) is 39.7 Å². The average molecular weight is 724 g/mol. The van der Waals surface area contributed by atoms with Crippen LogP contribution in [0.1, 0.15) is 93.2 Å². The van der Waals surface area contributed by atoms with Crippen molar-refractivity contribution in [1.82, 2.24) is 40.1 Å². The smallest absolute Gasteiger partial charge is 0.321 e. The number of nitrogens with one attached hydrogen (secondary N) is 3. The second-order valence-corrected chi connectivity index (χ2v) is 15.9. The Hall–Kier alpha value is -5.21. The number of methoxy groups -OCH3 is 1. The van der Waals surface area contributed by atoms with Gasteiger partial charge in [-0.1, -0.05) is 58.9 Å². The fourth-order valence-corrected chi connectivity index (χ4v) is 6.90. The Balaban J connectivity index is 1.22. The van der Waals surface area contributed by atoms with Crippen LogP contribution >= 0.6 is 0 Å². The molecule has 0 radical (unpaired) electrons. The van der Waals surface area contributed by atoms with Gasteiger partial charge in [-0.2, -0.15) is 0 Å². The first-order chi connectivity index (χ1) is 25.1. The molecule has 53 heavy (non-hydrogen) atoms. The van der Waals surface area contributed by atoms with E-state index in [9.17, 15) is 14.4 Å². The molecule has 3 aromatic heterocycles. The highest BCUT2D eigenvalue weighted by atomic mass is 16.5. The van der Waals surface area contributed by atoms with Gasteiger partial charge in [0, 0.05) is 41.7 Å². The SMILES string of the molecule is COCC(C)(C)c1nnc2ccc(O[C@@H]3C=C[C@](C=O)(NC(=O)Nc4cc(C(C)(C)C)nc(C(=O)NCC5(N(C)C)CCC5)n4)c4ccccc43)cn12. The summed E-state index contributed by atoms with van der Waals surface area (Å²) < 4.78 is 13.8. The van der Waals surface area contributed by atoms with Crippen molar-refractivity contribution >= 4 is 29.7 Å². The number of ether oxygens (including phenoxy) is 2. The van der Waals surface area contributed by atoms with Crippen LogP contribution in [0.5, 0.6) is 5.75 Å². The predicted molar refractivity (Wildman–Crippen MR) is 200 cm³/mol. The van der Waals surface area contributed by atoms with Gasteiger partial charge in [0.2, 0.25) is 5.82 Å². The molecule has 6 rings (SSSR count). The number of urea groups is 1. The molecule has 1 saturated carbocycles. The zero-order chi connectivity index (χ0) is 38.2. The fourth-order valence-electron chi connectivity index (χ4n) is 6.90. The molecule has 0 saturated heterocycles. The Morgan fingerprint density at radius 3 is 2.47 bits per heavy atom. The standard InChI is InChI=1S/C39H49N9O5/c1-36(2,3)29-20-30(42-32(41-29)33(50)40-22-38(47(6)7)17-11-18-38)43-35(51)44-39(23-49)19-16-28(26-12-9-10-13-27(26)39)53-25-14-15-31-45-46-34(48(31)21-25)37(4,5)24-52-8/h9-10,12-16,19-21,23,28H,11,17-18,22,24H2,1-8H3,(H,40,50)(H2,41,42,43,44,51)/t28-,39-/m1/s1. The van der Waals surface area contributed by atoms with Gasteiger partial charge in [0.25, 0.3) is 5.91 Å². The molecule has 2 atom stereocenters. The molecule has 0 bridgehead atoms. The number of pyridine rings is 1. The molecule has 3 heterocycles. The van der Waals surface area contributed by atoms with Crippen LogP contribution in [0, 0.1) is 0 Å². The van der Waals surface area contributed by atoms with Crippen LogP contribution in [0.25, 0.3) is 5.65 Å². The number of nitrogens with zero attached hydrogens (tertiary/aromatic N) is 6. The number of fused-ring (bicyclic) bond motifs is 2. The number of likely N-dealkylation sites (N-methyl/N-ethyl adjacent to an activating group) is 1. The van der Waals surface area contributed by atoms with Gasteiger partial charge in [-0.25, -0.2) is 14.8 Å². The molecule has 3 N–H and O–H groups in total. The molecule has 280 valence electrons. The first-order valence-electron chi connectivity index (χ1n) is 17.8. The zero-order valence-corrected chi connectivity index (χ0v) is 31.7. The quantitative estimate of drug-likeness (QED) is 0.136. The van der Waals surface area contributed by atoms with Crippen molar-refractivity contribution in [1.29, 1.82) is 0 Å². The maximum absolute atomic E-state index is 13.7. The molecule has 0 aliphatic heterocycles. The number of anilines is 1. The van der Waals surface area contributed by atoms with E-state index in [0.717, 1.165) is 25.1 Å². The number of benzene rings is 1. The second-order valence-electron chi connectivity index (χ2n) is 15.9. The summed E-state index contributed by atoms with van der Waals surface area (Å²) in [6.07, 6.45) is 8.41. The number of aromatic nitrogens is 5. The lowest BCUT2D eigenvalue weighted by atomic mass is 9.75. The lowest BCUT2D eigenvalue weighted by Crippen LogP contribution is -2.57. The molecule has 0 spiro atoms. The molecule has 1 fully saturated rings. The monoisotopic (exact) mass is 723 g/mol. The third kappa shape index (κ3) is 7.51. The molecular weight excluding hydrogens is 674 g/mol. The zero-order valence-electron chi connectivity index (χ0n) is 31.7. The minimum Gasteiger partial charge on any atom is -0.480 e. The molecular formula is C39H49N9O5. The Morgan fingerprint density at radius 1 is 1.06 bits per heavy atom. The van der Waals surface area contributed by atoms with E-state index in [4.69, 9.17) is 9.47 Å². The summed E-state index contributed by atoms with van der Waals surface area (Å²) in [7, 11) is 5.68. The first-order valence-corrected chi connectivity index (χ1v) is 17.8. The Bertz CT molecular complexity index is 2050. The van der Waals surface area contributed by atoms with Crippen LogP contribution in [0.15, 0.2) is 60.8 Å². The lowest BCUT2D eigenvalue weighted by Gasteiger charge is -2.47. The summed E-state index contributed by atoms with van der Waals surface area (Å²) in [5.74, 6) is 0.945. The number of aldehydes is 1. The van der Waals surface area contributed by atoms with E-state index < -0.39 is 34.4 Å². The Labute approximate surface area is 309 Å². The van der Waals surface area contributed by atoms with Gasteiger partial charge in [0.1, 0.15) is 29.0 Å². The van der Waals surface area contributed by atoms with Crippen molar-refractivity contribution in [2.24, 2.45) is 0 Å². The van der Waals surface area contributed by atoms with Crippen LogP contribution < -0.4 is 20.7 Å². The third-order valence-electron chi connectivity index (χ3n) is 10.3. The average Bonchev–Trinajstić information content (AvgIpc) is 3.52. The van der Waals surface area contributed by atoms with Crippen LogP contribution in [0.2, 0.25) is 0 Å². The molecule has 3 amide bonds. The maximum Gasteiger partial charge on any atom is 0.321 e. The van der Waals surface area contributed by atoms with Crippen LogP contribution in [-0.2, 0) is 25.9 Å². The fraction of sp³-hybridized carbons (Fsp3) is 0.462. The van der Waals surface area contributed by atoms with E-state index in [1.807, 2.05) is 83.6 Å². The van der Waals surface area contributed by atoms with Crippen LogP contribution in [0.4, 0.5) is 10.6 Å². The minimum absolute atomic E-state index is 0.0482. The molecule has 14 nitrogen and oxygen atoms in total. The molecule has 0 unspecified atom stereocenters. The van der Waals surface area contributed by atoms with Crippen molar-refractivity contribution in [3.8, 4) is 5.75 Å². The highest BCUT2D eigenvalue weighted by Crippen LogP contribution is 2.38. The number of rotatable bonds is 12. The van der Waals surface area contributed by atoms with Crippen molar-refractivity contribution in [3.63, 3.8) is 0 Å². The molecule has 4 aromatic rings. The Morgan fingerprint density at radius 2 is 1.81 bits per heavy atom. The predicted octanol–water partition coefficient (Wildman–Crippen LogP) is 4.86. The lowest BCUT2D eigenvalue weighted by molar-refractivity contribution is -0.111. The maximum atomic E-state index is 13.7. The number of hydrogen-bond donors (Lipinski definition) is 3. The molecule has 1 aromatic carbocycles. The summed E-state index contributed by atoms with van der Waals surface area (Å²) in [5.41, 5.74) is 0.0329. The van der Waals surface area contributed by atoms with Crippen molar-refractivity contribution in [3.05, 3.63) is 89.3 Å². The van der Waals surface area contributed by atoms with E-state index in [1.54, 1.807) is 37.5 Å². The van der Waals surface area contributed by atoms with Crippen LogP contribution in [0.3, 0.4) is 0 Å². The second kappa shape index (κ2) is 14.3. The number of amides is 3. The van der Waals surface area contributed by atoms with E-state index >= 15 is 0 Å². The number of carbonyl (C=O) groups is 3. The highest BCUT2D eigenvalue weighted by molar-refractivity contribution is 5.94. The summed E-state index contributed by atoms with van der Waals surface area (Å²) in [6, 6.07) is 11.9. The van der Waals surface area contributed by atoms with Crippen molar-refractivity contribution in [2.45, 2.75) is 81.9 Å².